The molecule has 27 heavy (non-hydrogen) atoms. The molecule has 0 saturated carbocycles. The van der Waals surface area contributed by atoms with Crippen LogP contribution in [0.1, 0.15) is 16.2 Å². The summed E-state index contributed by atoms with van der Waals surface area (Å²) in [6.45, 7) is 0.455. The molecule has 3 aromatic rings. The van der Waals surface area contributed by atoms with Crippen LogP contribution in [0.25, 0.3) is 10.9 Å². The maximum absolute atomic E-state index is 14.2. The number of fused-ring (bicyclic) bond motifs is 1. The lowest BCUT2D eigenvalue weighted by Crippen LogP contribution is -2.35. The van der Waals surface area contributed by atoms with Gasteiger partial charge in [0.05, 0.1) is 29.6 Å². The van der Waals surface area contributed by atoms with Crippen LogP contribution in [0.3, 0.4) is 0 Å². The second-order valence-electron chi connectivity index (χ2n) is 5.87. The predicted molar refractivity (Wildman–Crippen MR) is 100 cm³/mol. The van der Waals surface area contributed by atoms with Crippen molar-refractivity contribution in [3.05, 3.63) is 75.0 Å². The Morgan fingerprint density at radius 2 is 2.07 bits per heavy atom. The van der Waals surface area contributed by atoms with Gasteiger partial charge in [-0.05, 0) is 30.3 Å². The molecule has 8 heteroatoms. The maximum atomic E-state index is 14.2. The van der Waals surface area contributed by atoms with Gasteiger partial charge in [-0.2, -0.15) is 0 Å². The number of carbonyl (C=O) groups is 1. The number of carbonyl (C=O) groups excluding carboxylic acids is 1. The highest BCUT2D eigenvalue weighted by molar-refractivity contribution is 6.30. The lowest BCUT2D eigenvalue weighted by atomic mass is 10.2. The predicted octanol–water partition coefficient (Wildman–Crippen LogP) is 3.00. The van der Waals surface area contributed by atoms with E-state index in [9.17, 15) is 14.0 Å². The molecule has 0 unspecified atom stereocenters. The normalized spacial score (nSPS) is 10.9. The van der Waals surface area contributed by atoms with E-state index in [1.165, 1.54) is 24.1 Å². The van der Waals surface area contributed by atoms with Crippen LogP contribution in [-0.2, 0) is 11.3 Å². The Morgan fingerprint density at radius 1 is 1.30 bits per heavy atom. The summed E-state index contributed by atoms with van der Waals surface area (Å²) in [6, 6.07) is 10.8. The Kier molecular flexibility index (Phi) is 5.83. The van der Waals surface area contributed by atoms with Gasteiger partial charge in [0.1, 0.15) is 11.6 Å². The zero-order chi connectivity index (χ0) is 19.4. The molecule has 1 amide bonds. The number of methoxy groups -OCH3 is 1. The van der Waals surface area contributed by atoms with Crippen LogP contribution in [0.2, 0.25) is 5.02 Å². The van der Waals surface area contributed by atoms with Gasteiger partial charge in [-0.15, -0.1) is 0 Å². The number of para-hydroxylation sites is 1. The highest BCUT2D eigenvalue weighted by Crippen LogP contribution is 2.17. The Balaban J connectivity index is 1.93. The SMILES string of the molecule is COCCN(Cc1nc2ccccc2c(=O)[nH]1)C(=O)c1ccc(Cl)cc1F. The van der Waals surface area contributed by atoms with Crippen LogP contribution in [-0.4, -0.2) is 41.0 Å². The number of H-pyrrole nitrogens is 1. The molecule has 0 atom stereocenters. The summed E-state index contributed by atoms with van der Waals surface area (Å²) >= 11 is 5.75. The van der Waals surface area contributed by atoms with Crippen molar-refractivity contribution in [1.82, 2.24) is 14.9 Å². The third-order valence-corrected chi connectivity index (χ3v) is 4.25. The second kappa shape index (κ2) is 8.28. The van der Waals surface area contributed by atoms with E-state index < -0.39 is 11.7 Å². The molecule has 0 bridgehead atoms. The summed E-state index contributed by atoms with van der Waals surface area (Å²) in [6.07, 6.45) is 0. The Hall–Kier alpha value is -2.77. The molecule has 1 heterocycles. The number of amides is 1. The van der Waals surface area contributed by atoms with Crippen molar-refractivity contribution in [3.8, 4) is 0 Å². The van der Waals surface area contributed by atoms with E-state index in [4.69, 9.17) is 16.3 Å². The molecule has 0 radical (unpaired) electrons. The minimum absolute atomic E-state index is 0.00430. The average Bonchev–Trinajstić information content (AvgIpc) is 2.64. The molecule has 6 nitrogen and oxygen atoms in total. The number of nitrogens with zero attached hydrogens (tertiary/aromatic N) is 2. The minimum Gasteiger partial charge on any atom is -0.383 e. The summed E-state index contributed by atoms with van der Waals surface area (Å²) in [5.41, 5.74) is 0.110. The molecule has 0 aliphatic heterocycles. The van der Waals surface area contributed by atoms with Crippen LogP contribution in [0.5, 0.6) is 0 Å². The molecular formula is C19H17ClFN3O3. The standard InChI is InChI=1S/C19H17ClFN3O3/c1-27-9-8-24(19(26)13-7-6-12(20)10-15(13)21)11-17-22-16-5-3-2-4-14(16)18(25)23-17/h2-7,10H,8-9,11H2,1H3,(H,22,23,25). The highest BCUT2D eigenvalue weighted by atomic mass is 35.5. The van der Waals surface area contributed by atoms with E-state index in [2.05, 4.69) is 9.97 Å². The molecule has 1 N–H and O–H groups in total. The number of hydrogen-bond acceptors (Lipinski definition) is 4. The van der Waals surface area contributed by atoms with Crippen molar-refractivity contribution in [1.29, 1.82) is 0 Å². The smallest absolute Gasteiger partial charge is 0.258 e. The first-order chi connectivity index (χ1) is 13.0. The fourth-order valence-corrected chi connectivity index (χ4v) is 2.84. The number of rotatable bonds is 6. The Labute approximate surface area is 159 Å². The van der Waals surface area contributed by atoms with Gasteiger partial charge in [0.25, 0.3) is 11.5 Å². The van der Waals surface area contributed by atoms with Gasteiger partial charge >= 0.3 is 0 Å². The molecular weight excluding hydrogens is 373 g/mol. The van der Waals surface area contributed by atoms with Crippen molar-refractivity contribution in [3.63, 3.8) is 0 Å². The van der Waals surface area contributed by atoms with Gasteiger partial charge in [-0.25, -0.2) is 9.37 Å². The molecule has 0 fully saturated rings. The van der Waals surface area contributed by atoms with Crippen LogP contribution < -0.4 is 5.56 Å². The zero-order valence-corrected chi connectivity index (χ0v) is 15.3. The van der Waals surface area contributed by atoms with Gasteiger partial charge < -0.3 is 14.6 Å². The number of ether oxygens (including phenoxy) is 1. The third kappa shape index (κ3) is 4.32. The molecule has 140 valence electrons. The molecule has 0 aliphatic carbocycles. The van der Waals surface area contributed by atoms with Crippen LogP contribution in [0.15, 0.2) is 47.3 Å². The molecule has 0 spiro atoms. The van der Waals surface area contributed by atoms with Crippen LogP contribution >= 0.6 is 11.6 Å². The third-order valence-electron chi connectivity index (χ3n) is 4.02. The number of halogens is 2. The number of aromatic nitrogens is 2. The highest BCUT2D eigenvalue weighted by Gasteiger charge is 2.21. The molecule has 3 rings (SSSR count). The summed E-state index contributed by atoms with van der Waals surface area (Å²) in [5, 5.41) is 0.660. The van der Waals surface area contributed by atoms with Crippen molar-refractivity contribution >= 4 is 28.4 Å². The number of hydrogen-bond donors (Lipinski definition) is 1. The van der Waals surface area contributed by atoms with E-state index in [1.807, 2.05) is 0 Å². The minimum atomic E-state index is -0.713. The fraction of sp³-hybridized carbons (Fsp3) is 0.211. The van der Waals surface area contributed by atoms with E-state index in [-0.39, 0.29) is 35.8 Å². The van der Waals surface area contributed by atoms with E-state index in [0.717, 1.165) is 6.07 Å². The topological polar surface area (TPSA) is 75.3 Å². The van der Waals surface area contributed by atoms with Crippen molar-refractivity contribution in [2.24, 2.45) is 0 Å². The van der Waals surface area contributed by atoms with Gasteiger partial charge in [0, 0.05) is 18.7 Å². The first-order valence-corrected chi connectivity index (χ1v) is 8.58. The summed E-state index contributed by atoms with van der Waals surface area (Å²) in [4.78, 5) is 33.5. The van der Waals surface area contributed by atoms with Crippen LogP contribution in [0, 0.1) is 5.82 Å². The largest absolute Gasteiger partial charge is 0.383 e. The first kappa shape index (κ1) is 19.0. The Bertz CT molecular complexity index is 1040. The number of aromatic amines is 1. The summed E-state index contributed by atoms with van der Waals surface area (Å²) in [7, 11) is 1.50. The lowest BCUT2D eigenvalue weighted by molar-refractivity contribution is 0.0670. The molecule has 1 aromatic heterocycles. The van der Waals surface area contributed by atoms with E-state index in [0.29, 0.717) is 16.7 Å². The zero-order valence-electron chi connectivity index (χ0n) is 14.5. The van der Waals surface area contributed by atoms with E-state index >= 15 is 0 Å². The molecule has 0 saturated heterocycles. The Morgan fingerprint density at radius 3 is 2.81 bits per heavy atom. The van der Waals surface area contributed by atoms with Crippen molar-refractivity contribution in [2.45, 2.75) is 6.54 Å². The lowest BCUT2D eigenvalue weighted by Gasteiger charge is -2.22. The summed E-state index contributed by atoms with van der Waals surface area (Å²) < 4.78 is 19.2. The summed E-state index contributed by atoms with van der Waals surface area (Å²) in [5.74, 6) is -0.954. The maximum Gasteiger partial charge on any atom is 0.258 e. The van der Waals surface area contributed by atoms with Gasteiger partial charge in [-0.1, -0.05) is 23.7 Å². The van der Waals surface area contributed by atoms with E-state index in [1.54, 1.807) is 24.3 Å². The second-order valence-corrected chi connectivity index (χ2v) is 6.31. The van der Waals surface area contributed by atoms with Gasteiger partial charge in [0.15, 0.2) is 0 Å². The van der Waals surface area contributed by atoms with Gasteiger partial charge in [0.2, 0.25) is 0 Å². The number of nitrogens with one attached hydrogen (secondary N) is 1. The fourth-order valence-electron chi connectivity index (χ4n) is 2.68. The average molecular weight is 390 g/mol. The molecule has 2 aromatic carbocycles. The molecule has 0 aliphatic rings. The van der Waals surface area contributed by atoms with Crippen molar-refractivity contribution in [2.75, 3.05) is 20.3 Å². The van der Waals surface area contributed by atoms with Crippen LogP contribution in [0.4, 0.5) is 4.39 Å². The van der Waals surface area contributed by atoms with Crippen molar-refractivity contribution < 1.29 is 13.9 Å². The quantitative estimate of drug-likeness (QED) is 0.703. The van der Waals surface area contributed by atoms with Gasteiger partial charge in [-0.3, -0.25) is 9.59 Å². The number of benzene rings is 2. The first-order valence-electron chi connectivity index (χ1n) is 8.21. The monoisotopic (exact) mass is 389 g/mol.